The van der Waals surface area contributed by atoms with Crippen molar-refractivity contribution in [2.24, 2.45) is 17.8 Å². The third-order valence-electron chi connectivity index (χ3n) is 24.4. The van der Waals surface area contributed by atoms with E-state index >= 15 is 0 Å². The van der Waals surface area contributed by atoms with Crippen molar-refractivity contribution in [1.29, 1.82) is 0 Å². The number of ether oxygens (including phenoxy) is 3. The summed E-state index contributed by atoms with van der Waals surface area (Å²) in [5.74, 6) is -0.830. The van der Waals surface area contributed by atoms with Gasteiger partial charge in [-0.15, -0.1) is 68.0 Å². The number of carbonyl (C=O) groups excluding carboxylic acids is 9. The lowest BCUT2D eigenvalue weighted by atomic mass is 9.93. The Morgan fingerprint density at radius 2 is 0.520 bits per heavy atom. The lowest BCUT2D eigenvalue weighted by molar-refractivity contribution is -0.125. The van der Waals surface area contributed by atoms with Gasteiger partial charge in [-0.25, -0.2) is 43.7 Å². The molecule has 0 fully saturated rings. The molecule has 0 aliphatic rings. The van der Waals surface area contributed by atoms with E-state index in [0.29, 0.717) is 75.9 Å². The summed E-state index contributed by atoms with van der Waals surface area (Å²) in [6, 6.07) is 50.4. The molecule has 150 heavy (non-hydrogen) atoms. The fourth-order valence-electron chi connectivity index (χ4n) is 16.2. The Balaban J connectivity index is 0.000000230. The van der Waals surface area contributed by atoms with E-state index in [1.54, 1.807) is 90.3 Å². The quantitative estimate of drug-likeness (QED) is 0.0158. The zero-order valence-corrected chi connectivity index (χ0v) is 92.6. The van der Waals surface area contributed by atoms with Gasteiger partial charge in [0.25, 0.3) is 0 Å². The van der Waals surface area contributed by atoms with E-state index in [1.807, 2.05) is 240 Å². The van der Waals surface area contributed by atoms with Crippen LogP contribution in [0.3, 0.4) is 0 Å². The number of nitrogens with one attached hydrogen (secondary N) is 9. The van der Waals surface area contributed by atoms with E-state index in [4.69, 9.17) is 14.2 Å². The Kier molecular flexibility index (Phi) is 49.1. The summed E-state index contributed by atoms with van der Waals surface area (Å²) in [4.78, 5) is 153. The minimum atomic E-state index is -1.05. The van der Waals surface area contributed by atoms with Crippen molar-refractivity contribution in [3.63, 3.8) is 0 Å². The number of hydrogen-bond donors (Lipinski definition) is 12. The summed E-state index contributed by atoms with van der Waals surface area (Å²) < 4.78 is 16.3. The van der Waals surface area contributed by atoms with Gasteiger partial charge in [-0.3, -0.25) is 29.3 Å². The van der Waals surface area contributed by atoms with Crippen LogP contribution in [0.1, 0.15) is 200 Å². The lowest BCUT2D eigenvalue weighted by Crippen LogP contribution is -2.55. The van der Waals surface area contributed by atoms with Crippen molar-refractivity contribution in [2.45, 2.75) is 271 Å². The molecule has 6 aromatic carbocycles. The highest BCUT2D eigenvalue weighted by molar-refractivity contribution is 7.11. The minimum Gasteiger partial charge on any atom is -0.444 e. The third kappa shape index (κ3) is 41.4. The van der Waals surface area contributed by atoms with Crippen LogP contribution >= 0.6 is 68.0 Å². The fourth-order valence-corrected chi connectivity index (χ4v) is 20.2. The van der Waals surface area contributed by atoms with Crippen LogP contribution in [-0.4, -0.2) is 208 Å². The van der Waals surface area contributed by atoms with Gasteiger partial charge < -0.3 is 92.1 Å². The summed E-state index contributed by atoms with van der Waals surface area (Å²) >= 11 is 8.85. The molecule has 12 rings (SSSR count). The van der Waals surface area contributed by atoms with Crippen LogP contribution in [0.25, 0.3) is 0 Å². The second-order valence-electron chi connectivity index (χ2n) is 39.1. The molecule has 33 nitrogen and oxygen atoms in total. The monoisotopic (exact) mass is 2160 g/mol. The topological polar surface area (TPSA) is 437 Å². The van der Waals surface area contributed by atoms with Crippen LogP contribution in [-0.2, 0) is 107 Å². The first-order valence-corrected chi connectivity index (χ1v) is 55.7. The van der Waals surface area contributed by atoms with Gasteiger partial charge in [-0.05, 0) is 109 Å². The van der Waals surface area contributed by atoms with Crippen molar-refractivity contribution in [2.75, 3.05) is 21.1 Å². The molecule has 804 valence electrons. The predicted octanol–water partition coefficient (Wildman–Crippen LogP) is 17.7. The molecule has 6 aromatic heterocycles. The van der Waals surface area contributed by atoms with Crippen molar-refractivity contribution >= 4 is 122 Å². The number of thiazole rings is 6. The average molecular weight is 2160 g/mol. The maximum Gasteiger partial charge on any atom is 0.407 e. The number of carbonyl (C=O) groups is 9. The molecule has 0 spiro atoms. The molecule has 0 radical (unpaired) electrons. The molecule has 6 heterocycles. The standard InChI is InChI=1S/3C37H48N6O5S2/c3*1-24(2)33(42-36(46)43(5)20-29-22-49-35(40-29)25(3)4)34(45)39-28(16-26-12-8-6-9-13-26)18-32(44)31(17-27-14-10-7-11-15-27)41-37(47)48-21-30-19-38-23-50-30/h3*6-15,19,22-25,28,31-33,44H,16-18,20-21H2,1-5H3,(H,39,45)(H,41,47)(H,42,46)/t3*28-,31-,32-,33-/m000/s1. The largest absolute Gasteiger partial charge is 0.444 e. The average Bonchev–Trinajstić information content (AvgIpc) is 1.12. The van der Waals surface area contributed by atoms with Crippen LogP contribution in [0.4, 0.5) is 28.8 Å². The Hall–Kier alpha value is -13.0. The van der Waals surface area contributed by atoms with Gasteiger partial charge in [-0.2, -0.15) is 0 Å². The second-order valence-corrected chi connectivity index (χ2v) is 44.7. The number of rotatable bonds is 51. The summed E-state index contributed by atoms with van der Waals surface area (Å²) in [6.45, 7) is 24.8. The van der Waals surface area contributed by atoms with Crippen molar-refractivity contribution in [3.8, 4) is 0 Å². The van der Waals surface area contributed by atoms with Crippen LogP contribution in [0.5, 0.6) is 0 Å². The van der Waals surface area contributed by atoms with E-state index in [9.17, 15) is 58.5 Å². The van der Waals surface area contributed by atoms with Gasteiger partial charge in [0.15, 0.2) is 0 Å². The molecule has 12 atom stereocenters. The van der Waals surface area contributed by atoms with Crippen LogP contribution in [0.2, 0.25) is 0 Å². The van der Waals surface area contributed by atoms with Crippen LogP contribution in [0, 0.1) is 17.8 Å². The van der Waals surface area contributed by atoms with Gasteiger partial charge in [-0.1, -0.05) is 265 Å². The predicted molar refractivity (Wildman–Crippen MR) is 591 cm³/mol. The molecule has 0 saturated heterocycles. The number of urea groups is 3. The smallest absolute Gasteiger partial charge is 0.407 e. The number of aromatic nitrogens is 6. The number of hydrogen-bond acceptors (Lipinski definition) is 27. The van der Waals surface area contributed by atoms with E-state index in [2.05, 4.69) is 119 Å². The number of amides is 12. The first kappa shape index (κ1) is 119. The summed E-state index contributed by atoms with van der Waals surface area (Å²) in [7, 11) is 5.03. The fraction of sp³-hybridized carbons (Fsp3) is 0.432. The Labute approximate surface area is 903 Å². The molecule has 0 aliphatic carbocycles. The number of benzene rings is 6. The molecular weight excluding hydrogens is 2020 g/mol. The Morgan fingerprint density at radius 3 is 0.713 bits per heavy atom. The van der Waals surface area contributed by atoms with Gasteiger partial charge in [0.2, 0.25) is 17.7 Å². The highest BCUT2D eigenvalue weighted by Gasteiger charge is 2.37. The molecule has 12 N–H and O–H groups in total. The van der Waals surface area contributed by atoms with Gasteiger partial charge >= 0.3 is 36.4 Å². The zero-order valence-electron chi connectivity index (χ0n) is 87.7. The molecule has 0 bridgehead atoms. The number of aliphatic hydroxyl groups excluding tert-OH is 3. The number of aliphatic hydroxyl groups is 3. The van der Waals surface area contributed by atoms with Crippen LogP contribution in [0.15, 0.2) is 233 Å². The molecule has 0 aliphatic heterocycles. The molecule has 12 aromatic rings. The summed E-state index contributed by atoms with van der Waals surface area (Å²) in [5, 5.41) is 70.5. The highest BCUT2D eigenvalue weighted by Crippen LogP contribution is 2.27. The normalized spacial score (nSPS) is 13.7. The van der Waals surface area contributed by atoms with E-state index in [1.165, 1.54) is 48.7 Å². The van der Waals surface area contributed by atoms with Gasteiger partial charge in [0, 0.05) is 91.8 Å². The maximum absolute atomic E-state index is 13.9. The van der Waals surface area contributed by atoms with Gasteiger partial charge in [0.05, 0.1) is 119 Å². The molecule has 12 amide bonds. The summed E-state index contributed by atoms with van der Waals surface area (Å²) in [6.07, 6.45) is 2.51. The number of nitrogens with zero attached hydrogens (tertiary/aromatic N) is 9. The van der Waals surface area contributed by atoms with Crippen molar-refractivity contribution in [3.05, 3.63) is 313 Å². The minimum absolute atomic E-state index is 0.0671. The van der Waals surface area contributed by atoms with E-state index in [-0.39, 0.29) is 92.7 Å². The molecule has 0 unspecified atom stereocenters. The number of alkyl carbamates (subject to hydrolysis) is 3. The third-order valence-corrected chi connectivity index (χ3v) is 30.2. The first-order chi connectivity index (χ1) is 71.9. The molecule has 0 saturated carbocycles. The van der Waals surface area contributed by atoms with E-state index < -0.39 is 91.0 Å². The van der Waals surface area contributed by atoms with Gasteiger partial charge in [0.1, 0.15) is 37.9 Å². The Morgan fingerprint density at radius 1 is 0.300 bits per heavy atom. The maximum atomic E-state index is 13.9. The zero-order chi connectivity index (χ0) is 108. The second kappa shape index (κ2) is 62.0. The van der Waals surface area contributed by atoms with E-state index in [0.717, 1.165) is 80.1 Å². The van der Waals surface area contributed by atoms with Crippen molar-refractivity contribution in [1.82, 2.24) is 92.5 Å². The Bertz CT molecular complexity index is 5430. The molecule has 39 heteroatoms. The van der Waals surface area contributed by atoms with Crippen LogP contribution < -0.4 is 47.9 Å². The van der Waals surface area contributed by atoms with Crippen molar-refractivity contribution < 1.29 is 72.7 Å². The first-order valence-electron chi connectivity index (χ1n) is 50.4. The summed E-state index contributed by atoms with van der Waals surface area (Å²) in [5.41, 5.74) is 13.1. The SMILES string of the molecule is CC(C)c1nc(CN(C)C(=O)N[C@H](C(=O)N[C@@H](Cc2ccccc2)C[C@H](O)[C@H](Cc2ccccc2)NC(=O)OCc2cncs2)C(C)C)cs1.CC(C)c1nc(CN(C)C(=O)N[C@H](C(=O)N[C@@H](Cc2ccccc2)C[C@H](O)[C@H](Cc2ccccc2)NC(=O)OCc2cncs2)C(C)C)cs1.CC(C)c1nc(CN(C)C(=O)N[C@H](C(=O)N[C@@H](Cc2ccccc2)C[C@H](O)[C@H](Cc2ccccc2)NC(=O)OCc2cncs2)C(C)C)cs1. The lowest BCUT2D eigenvalue weighted by Gasteiger charge is -2.30. The molecular formula is C111H144N18O15S6. The highest BCUT2D eigenvalue weighted by atomic mass is 32.1.